The van der Waals surface area contributed by atoms with Gasteiger partial charge in [0.15, 0.2) is 16.1 Å². The number of aliphatic hydroxyl groups excluding tert-OH is 1. The van der Waals surface area contributed by atoms with Gasteiger partial charge in [-0.3, -0.25) is 4.79 Å². The molecule has 1 atom stereocenters. The number of aliphatic hydroxyl groups is 1. The van der Waals surface area contributed by atoms with Crippen LogP contribution in [0.1, 0.15) is 28.4 Å². The highest BCUT2D eigenvalue weighted by Crippen LogP contribution is 2.38. The van der Waals surface area contributed by atoms with Crippen molar-refractivity contribution in [1.29, 1.82) is 0 Å². The molecular formula is C25H27N3O5S. The zero-order valence-electron chi connectivity index (χ0n) is 19.5. The lowest BCUT2D eigenvalue weighted by molar-refractivity contribution is -0.0694. The Morgan fingerprint density at radius 1 is 1.24 bits per heavy atom. The number of amides is 1. The van der Waals surface area contributed by atoms with E-state index < -0.39 is 16.1 Å². The lowest BCUT2D eigenvalue weighted by atomic mass is 9.93. The summed E-state index contributed by atoms with van der Waals surface area (Å²) in [5.74, 6) is -0.386. The average molecular weight is 482 g/mol. The number of rotatable bonds is 7. The predicted molar refractivity (Wildman–Crippen MR) is 132 cm³/mol. The lowest BCUT2D eigenvalue weighted by Gasteiger charge is -2.15. The van der Waals surface area contributed by atoms with Gasteiger partial charge in [0.2, 0.25) is 0 Å². The van der Waals surface area contributed by atoms with Crippen molar-refractivity contribution >= 4 is 37.7 Å². The number of aromatic nitrogens is 2. The molecule has 9 heteroatoms. The number of sulfone groups is 1. The van der Waals surface area contributed by atoms with E-state index >= 15 is 0 Å². The maximum Gasteiger partial charge on any atom is 0.251 e. The van der Waals surface area contributed by atoms with Crippen molar-refractivity contribution in [2.75, 3.05) is 19.4 Å². The van der Waals surface area contributed by atoms with Crippen LogP contribution < -0.4 is 5.32 Å². The predicted octanol–water partition coefficient (Wildman–Crippen LogP) is 3.49. The third-order valence-corrected chi connectivity index (χ3v) is 7.69. The number of carbonyl (C=O) groups excluding carboxylic acids is 1. The van der Waals surface area contributed by atoms with Crippen LogP contribution in [-0.2, 0) is 14.6 Å². The number of benzene rings is 2. The number of methoxy groups -OCH3 is 1. The first kappa shape index (κ1) is 23.9. The molecular weight excluding hydrogens is 454 g/mol. The summed E-state index contributed by atoms with van der Waals surface area (Å²) in [5.41, 5.74) is 4.91. The Morgan fingerprint density at radius 3 is 2.71 bits per heavy atom. The second-order valence-electron chi connectivity index (χ2n) is 8.21. The Bertz CT molecular complexity index is 1510. The molecule has 1 unspecified atom stereocenters. The number of hydrogen-bond acceptors (Lipinski definition) is 6. The van der Waals surface area contributed by atoms with Crippen molar-refractivity contribution in [3.8, 4) is 11.1 Å². The quantitative estimate of drug-likeness (QED) is 0.348. The minimum atomic E-state index is -3.41. The summed E-state index contributed by atoms with van der Waals surface area (Å²) in [6.07, 6.45) is 0.643. The van der Waals surface area contributed by atoms with Gasteiger partial charge in [0.05, 0.1) is 22.7 Å². The van der Waals surface area contributed by atoms with Crippen molar-refractivity contribution in [3.05, 3.63) is 59.3 Å². The van der Waals surface area contributed by atoms with Crippen LogP contribution in [0.2, 0.25) is 0 Å². The average Bonchev–Trinajstić information content (AvgIpc) is 3.22. The molecule has 8 nitrogen and oxygen atoms in total. The standard InChI is InChI=1S/C25H27N3O5S/c1-5-34(31,32)17-8-6-7-16(10-17)19-11-18(25(30)27-13-21(29)33-4)15(3)23-22(19)20-9-14(2)12-26-24(20)28-23/h6-12,21,29H,5,13H2,1-4H3,(H,26,28)(H,27,30). The molecule has 34 heavy (non-hydrogen) atoms. The molecule has 0 radical (unpaired) electrons. The van der Waals surface area contributed by atoms with E-state index in [1.807, 2.05) is 26.0 Å². The first-order chi connectivity index (χ1) is 16.2. The van der Waals surface area contributed by atoms with Crippen LogP contribution in [0.15, 0.2) is 47.5 Å². The molecule has 0 aliphatic carbocycles. The lowest BCUT2D eigenvalue weighted by Crippen LogP contribution is -2.33. The molecule has 178 valence electrons. The van der Waals surface area contributed by atoms with Crippen molar-refractivity contribution in [1.82, 2.24) is 15.3 Å². The van der Waals surface area contributed by atoms with E-state index in [1.165, 1.54) is 7.11 Å². The van der Waals surface area contributed by atoms with Gasteiger partial charge in [-0.15, -0.1) is 0 Å². The molecule has 0 bridgehead atoms. The van der Waals surface area contributed by atoms with Gasteiger partial charge < -0.3 is 20.1 Å². The number of aryl methyl sites for hydroxylation is 2. The number of fused-ring (bicyclic) bond motifs is 3. The Kier molecular flexibility index (Phi) is 6.44. The van der Waals surface area contributed by atoms with E-state index in [2.05, 4.69) is 15.3 Å². The maximum atomic E-state index is 13.1. The molecule has 3 N–H and O–H groups in total. The second-order valence-corrected chi connectivity index (χ2v) is 10.5. The summed E-state index contributed by atoms with van der Waals surface area (Å²) < 4.78 is 29.9. The topological polar surface area (TPSA) is 121 Å². The molecule has 0 spiro atoms. The van der Waals surface area contributed by atoms with Gasteiger partial charge in [-0.2, -0.15) is 0 Å². The highest BCUT2D eigenvalue weighted by Gasteiger charge is 2.21. The largest absolute Gasteiger partial charge is 0.366 e. The fourth-order valence-electron chi connectivity index (χ4n) is 4.04. The number of ether oxygens (including phenoxy) is 1. The number of aromatic amines is 1. The van der Waals surface area contributed by atoms with E-state index in [4.69, 9.17) is 4.74 Å². The zero-order chi connectivity index (χ0) is 24.6. The molecule has 1 amide bonds. The monoisotopic (exact) mass is 481 g/mol. The smallest absolute Gasteiger partial charge is 0.251 e. The summed E-state index contributed by atoms with van der Waals surface area (Å²) in [7, 11) is -2.06. The summed E-state index contributed by atoms with van der Waals surface area (Å²) in [4.78, 5) is 21.1. The van der Waals surface area contributed by atoms with Gasteiger partial charge in [0.1, 0.15) is 5.65 Å². The first-order valence-electron chi connectivity index (χ1n) is 10.9. The van der Waals surface area contributed by atoms with Crippen molar-refractivity contribution in [2.24, 2.45) is 0 Å². The Hall–Kier alpha value is -3.27. The minimum Gasteiger partial charge on any atom is -0.366 e. The van der Waals surface area contributed by atoms with Gasteiger partial charge >= 0.3 is 0 Å². The third-order valence-electron chi connectivity index (χ3n) is 5.96. The molecule has 4 aromatic rings. The van der Waals surface area contributed by atoms with E-state index in [-0.39, 0.29) is 23.1 Å². The number of H-pyrrole nitrogens is 1. The van der Waals surface area contributed by atoms with E-state index in [9.17, 15) is 18.3 Å². The first-order valence-corrected chi connectivity index (χ1v) is 12.6. The molecule has 4 rings (SSSR count). The summed E-state index contributed by atoms with van der Waals surface area (Å²) in [6, 6.07) is 10.5. The number of nitrogens with zero attached hydrogens (tertiary/aromatic N) is 1. The van der Waals surface area contributed by atoms with Crippen molar-refractivity contribution in [3.63, 3.8) is 0 Å². The summed E-state index contributed by atoms with van der Waals surface area (Å²) in [6.45, 7) is 5.33. The van der Waals surface area contributed by atoms with E-state index in [1.54, 1.807) is 37.4 Å². The molecule has 0 saturated heterocycles. The molecule has 0 saturated carbocycles. The highest BCUT2D eigenvalue weighted by atomic mass is 32.2. The second kappa shape index (κ2) is 9.17. The van der Waals surface area contributed by atoms with Crippen molar-refractivity contribution in [2.45, 2.75) is 32.0 Å². The minimum absolute atomic E-state index is 0.00849. The molecule has 0 aliphatic heterocycles. The zero-order valence-corrected chi connectivity index (χ0v) is 20.3. The Labute approximate surface area is 197 Å². The molecule has 0 aliphatic rings. The van der Waals surface area contributed by atoms with Crippen LogP contribution in [0.5, 0.6) is 0 Å². The van der Waals surface area contributed by atoms with Gasteiger partial charge in [0.25, 0.3) is 5.91 Å². The van der Waals surface area contributed by atoms with Crippen LogP contribution in [-0.4, -0.2) is 55.1 Å². The normalized spacial score (nSPS) is 12.9. The number of nitrogens with one attached hydrogen (secondary N) is 2. The van der Waals surface area contributed by atoms with Gasteiger partial charge in [0, 0.05) is 29.6 Å². The Morgan fingerprint density at radius 2 is 2.00 bits per heavy atom. The highest BCUT2D eigenvalue weighted by molar-refractivity contribution is 7.91. The fraction of sp³-hybridized carbons (Fsp3) is 0.280. The maximum absolute atomic E-state index is 13.1. The SMILES string of the molecule is CCS(=O)(=O)c1cccc(-c2cc(C(=O)NCC(O)OC)c(C)c3[nH]c4ncc(C)cc4c23)c1. The van der Waals surface area contributed by atoms with Crippen LogP contribution >= 0.6 is 0 Å². The molecule has 2 heterocycles. The van der Waals surface area contributed by atoms with Gasteiger partial charge in [-0.05, 0) is 60.4 Å². The number of pyridine rings is 1. The van der Waals surface area contributed by atoms with Gasteiger partial charge in [-0.25, -0.2) is 13.4 Å². The third kappa shape index (κ3) is 4.29. The summed E-state index contributed by atoms with van der Waals surface area (Å²) >= 11 is 0. The van der Waals surface area contributed by atoms with Crippen LogP contribution in [0.4, 0.5) is 0 Å². The molecule has 2 aromatic heterocycles. The summed E-state index contributed by atoms with van der Waals surface area (Å²) in [5, 5.41) is 14.1. The Balaban J connectivity index is 2.00. The number of carbonyl (C=O) groups is 1. The van der Waals surface area contributed by atoms with Crippen LogP contribution in [0.3, 0.4) is 0 Å². The molecule has 2 aromatic carbocycles. The van der Waals surface area contributed by atoms with E-state index in [0.717, 1.165) is 27.4 Å². The van der Waals surface area contributed by atoms with Crippen molar-refractivity contribution < 1.29 is 23.1 Å². The van der Waals surface area contributed by atoms with E-state index in [0.29, 0.717) is 22.3 Å². The number of hydrogen-bond donors (Lipinski definition) is 3. The van der Waals surface area contributed by atoms with Crippen LogP contribution in [0, 0.1) is 13.8 Å². The van der Waals surface area contributed by atoms with Crippen LogP contribution in [0.25, 0.3) is 33.1 Å². The fourth-order valence-corrected chi connectivity index (χ4v) is 4.97. The van der Waals surface area contributed by atoms with Gasteiger partial charge in [-0.1, -0.05) is 19.1 Å². The molecule has 0 fully saturated rings.